The van der Waals surface area contributed by atoms with Gasteiger partial charge in [0.25, 0.3) is 0 Å². The van der Waals surface area contributed by atoms with E-state index in [2.05, 4.69) is 120 Å². The van der Waals surface area contributed by atoms with Gasteiger partial charge in [0, 0.05) is 62.8 Å². The fraction of sp³-hybridized carbons (Fsp3) is 0.619. The Kier molecular flexibility index (Phi) is 14.0. The molecule has 0 aliphatic carbocycles. The normalized spacial score (nSPS) is 15.9. The third kappa shape index (κ3) is 10.8. The first-order valence-corrected chi connectivity index (χ1v) is 19.8. The maximum absolute atomic E-state index is 5.56. The van der Waals surface area contributed by atoms with Crippen LogP contribution in [-0.4, -0.2) is 48.8 Å². The fourth-order valence-corrected chi connectivity index (χ4v) is 6.58. The van der Waals surface area contributed by atoms with Crippen LogP contribution in [0.15, 0.2) is 36.7 Å². The highest BCUT2D eigenvalue weighted by Crippen LogP contribution is 2.27. The van der Waals surface area contributed by atoms with Crippen LogP contribution in [-0.2, 0) is 32.4 Å². The van der Waals surface area contributed by atoms with Gasteiger partial charge in [-0.1, -0.05) is 61.5 Å². The average Bonchev–Trinajstić information content (AvgIpc) is 3.75. The number of ether oxygens (including phenoxy) is 1. The lowest BCUT2D eigenvalue weighted by Gasteiger charge is -2.11. The van der Waals surface area contributed by atoms with E-state index in [1.807, 2.05) is 12.1 Å². The van der Waals surface area contributed by atoms with Gasteiger partial charge >= 0.3 is 0 Å². The number of aromatic nitrogens is 6. The molecular weight excluding hydrogens is 633 g/mol. The molecule has 278 valence electrons. The summed E-state index contributed by atoms with van der Waals surface area (Å²) in [4.78, 5) is 18.4. The molecule has 8 heterocycles. The molecule has 0 saturated heterocycles. The van der Waals surface area contributed by atoms with Crippen LogP contribution in [0.2, 0.25) is 0 Å². The van der Waals surface area contributed by atoms with Crippen molar-refractivity contribution in [2.24, 2.45) is 0 Å². The largest absolute Gasteiger partial charge is 0.490 e. The summed E-state index contributed by atoms with van der Waals surface area (Å²) in [5.41, 5.74) is 6.19. The second kappa shape index (κ2) is 18.6. The molecule has 8 rings (SSSR count). The van der Waals surface area contributed by atoms with E-state index < -0.39 is 0 Å². The summed E-state index contributed by atoms with van der Waals surface area (Å²) in [6.07, 6.45) is 15.4. The number of hydrogen-bond donors (Lipinski definition) is 2. The number of nitrogens with zero attached hydrogens (tertiary/aromatic N) is 6. The van der Waals surface area contributed by atoms with E-state index in [1.54, 1.807) is 0 Å². The molecule has 0 aromatic carbocycles. The van der Waals surface area contributed by atoms with Gasteiger partial charge in [-0.15, -0.1) is 0 Å². The van der Waals surface area contributed by atoms with Crippen molar-refractivity contribution in [1.82, 2.24) is 29.1 Å². The number of rotatable bonds is 4. The standard InChI is InChI=1S/C12H18N2.C11H16N2O.C10H16N2.C9H14N2/c1-9(2)11-7-6-10-5-3-4-8-13-12(10)14-11;1-8(2)9-4-5-10-11(13-9)12-6-3-7-14-10;1-8(2)9-7-12-6-4-3-5-10(12)11-9;1-7(2)8-6-11-5-3-4-9(11)10-8/h6-7,9H,3-5,8H2,1-2H3,(H,13,14);4-5,8H,3,6-7H2,1-2H3,(H,12,13);7-8H,3-6H2,1-2H3;6-7H,3-5H2,1-2H3. The summed E-state index contributed by atoms with van der Waals surface area (Å²) in [7, 11) is 0. The molecule has 4 aromatic heterocycles. The van der Waals surface area contributed by atoms with Crippen molar-refractivity contribution in [1.29, 1.82) is 0 Å². The van der Waals surface area contributed by atoms with E-state index in [0.29, 0.717) is 23.7 Å². The summed E-state index contributed by atoms with van der Waals surface area (Å²) in [6, 6.07) is 8.44. The van der Waals surface area contributed by atoms with Crippen LogP contribution in [0.5, 0.6) is 5.75 Å². The molecular formula is C42H64N8O. The number of fused-ring (bicyclic) bond motifs is 4. The number of imidazole rings is 2. The Labute approximate surface area is 307 Å². The Hall–Kier alpha value is -3.88. The molecule has 0 fully saturated rings. The smallest absolute Gasteiger partial charge is 0.169 e. The van der Waals surface area contributed by atoms with Crippen molar-refractivity contribution in [3.63, 3.8) is 0 Å². The lowest BCUT2D eigenvalue weighted by molar-refractivity contribution is 0.322. The van der Waals surface area contributed by atoms with Gasteiger partial charge in [0.05, 0.1) is 18.0 Å². The minimum Gasteiger partial charge on any atom is -0.490 e. The van der Waals surface area contributed by atoms with Crippen LogP contribution in [0.25, 0.3) is 0 Å². The maximum Gasteiger partial charge on any atom is 0.169 e. The van der Waals surface area contributed by atoms with Gasteiger partial charge in [-0.3, -0.25) is 0 Å². The predicted molar refractivity (Wildman–Crippen MR) is 211 cm³/mol. The molecule has 9 nitrogen and oxygen atoms in total. The van der Waals surface area contributed by atoms with Gasteiger partial charge < -0.3 is 24.5 Å². The first-order chi connectivity index (χ1) is 24.6. The Balaban J connectivity index is 0.000000132. The topological polar surface area (TPSA) is 94.7 Å². The SMILES string of the molecule is CC(C)c1ccc2c(n1)NCCCC2.CC(C)c1ccc2c(n1)NCCCO2.CC(C)c1cn2c(n1)CCC2.CC(C)c1cn2c(n1)CCCC2. The third-order valence-electron chi connectivity index (χ3n) is 9.89. The van der Waals surface area contributed by atoms with Crippen LogP contribution in [0, 0.1) is 0 Å². The average molecular weight is 697 g/mol. The van der Waals surface area contributed by atoms with Gasteiger partial charge in [0.1, 0.15) is 17.5 Å². The fourth-order valence-electron chi connectivity index (χ4n) is 6.58. The van der Waals surface area contributed by atoms with Crippen molar-refractivity contribution >= 4 is 11.6 Å². The Bertz CT molecular complexity index is 1560. The molecule has 51 heavy (non-hydrogen) atoms. The number of pyridine rings is 2. The zero-order chi connectivity index (χ0) is 36.3. The van der Waals surface area contributed by atoms with E-state index in [4.69, 9.17) is 4.74 Å². The van der Waals surface area contributed by atoms with E-state index >= 15 is 0 Å². The molecule has 0 unspecified atom stereocenters. The van der Waals surface area contributed by atoms with Crippen molar-refractivity contribution < 1.29 is 4.74 Å². The van der Waals surface area contributed by atoms with Gasteiger partial charge in [-0.25, -0.2) is 19.9 Å². The highest BCUT2D eigenvalue weighted by molar-refractivity contribution is 5.51. The molecule has 4 aliphatic rings. The Morgan fingerprint density at radius 3 is 1.69 bits per heavy atom. The molecule has 0 bridgehead atoms. The molecule has 4 aliphatic heterocycles. The molecule has 0 spiro atoms. The zero-order valence-electron chi connectivity index (χ0n) is 32.8. The van der Waals surface area contributed by atoms with Gasteiger partial charge in [0.2, 0.25) is 0 Å². The molecule has 2 N–H and O–H groups in total. The summed E-state index contributed by atoms with van der Waals surface area (Å²) < 4.78 is 10.2. The number of aryl methyl sites for hydroxylation is 5. The second-order valence-corrected chi connectivity index (χ2v) is 15.6. The minimum atomic E-state index is 0.463. The van der Waals surface area contributed by atoms with Crippen LogP contribution < -0.4 is 15.4 Å². The van der Waals surface area contributed by atoms with Gasteiger partial charge in [0.15, 0.2) is 11.6 Å². The Morgan fingerprint density at radius 2 is 1.06 bits per heavy atom. The molecule has 4 aromatic rings. The van der Waals surface area contributed by atoms with E-state index in [1.165, 1.54) is 98.8 Å². The van der Waals surface area contributed by atoms with E-state index in [0.717, 1.165) is 49.2 Å². The summed E-state index contributed by atoms with van der Waals surface area (Å²) >= 11 is 0. The van der Waals surface area contributed by atoms with E-state index in [9.17, 15) is 0 Å². The van der Waals surface area contributed by atoms with E-state index in [-0.39, 0.29) is 0 Å². The highest BCUT2D eigenvalue weighted by atomic mass is 16.5. The lowest BCUT2D eigenvalue weighted by atomic mass is 10.1. The summed E-state index contributed by atoms with van der Waals surface area (Å²) in [5.74, 6) is 7.61. The molecule has 0 amide bonds. The van der Waals surface area contributed by atoms with Crippen molar-refractivity contribution in [3.8, 4) is 5.75 Å². The minimum absolute atomic E-state index is 0.463. The number of nitrogens with one attached hydrogen (secondary N) is 2. The third-order valence-corrected chi connectivity index (χ3v) is 9.89. The molecule has 0 atom stereocenters. The van der Waals surface area contributed by atoms with Crippen LogP contribution in [0.3, 0.4) is 0 Å². The van der Waals surface area contributed by atoms with Crippen LogP contribution in [0.1, 0.15) is 158 Å². The Morgan fingerprint density at radius 1 is 0.529 bits per heavy atom. The number of hydrogen-bond acceptors (Lipinski definition) is 7. The van der Waals surface area contributed by atoms with Gasteiger partial charge in [-0.05, 0) is 92.4 Å². The summed E-state index contributed by atoms with van der Waals surface area (Å²) in [5, 5.41) is 6.69. The van der Waals surface area contributed by atoms with Crippen molar-refractivity contribution in [3.05, 3.63) is 76.6 Å². The maximum atomic E-state index is 5.56. The molecule has 0 saturated carbocycles. The summed E-state index contributed by atoms with van der Waals surface area (Å²) in [6.45, 7) is 22.6. The highest BCUT2D eigenvalue weighted by Gasteiger charge is 2.16. The van der Waals surface area contributed by atoms with Crippen LogP contribution >= 0.6 is 0 Å². The van der Waals surface area contributed by atoms with Crippen molar-refractivity contribution in [2.45, 2.75) is 150 Å². The van der Waals surface area contributed by atoms with Crippen molar-refractivity contribution in [2.75, 3.05) is 30.3 Å². The molecule has 0 radical (unpaired) electrons. The first-order valence-electron chi connectivity index (χ1n) is 19.8. The zero-order valence-corrected chi connectivity index (χ0v) is 32.8. The second-order valence-electron chi connectivity index (χ2n) is 15.6. The monoisotopic (exact) mass is 697 g/mol. The van der Waals surface area contributed by atoms with Gasteiger partial charge in [-0.2, -0.15) is 0 Å². The lowest BCUT2D eigenvalue weighted by Crippen LogP contribution is -2.08. The number of anilines is 2. The van der Waals surface area contributed by atoms with Crippen LogP contribution in [0.4, 0.5) is 11.6 Å². The first kappa shape index (κ1) is 38.4. The molecule has 9 heteroatoms. The predicted octanol–water partition coefficient (Wildman–Crippen LogP) is 9.65. The quantitative estimate of drug-likeness (QED) is 0.219.